The lowest BCUT2D eigenvalue weighted by molar-refractivity contribution is 0.0595. The van der Waals surface area contributed by atoms with Gasteiger partial charge in [-0.25, -0.2) is 9.78 Å². The molecule has 5 heteroatoms. The summed E-state index contributed by atoms with van der Waals surface area (Å²) in [4.78, 5) is 14.8. The van der Waals surface area contributed by atoms with Crippen molar-refractivity contribution in [3.63, 3.8) is 0 Å². The number of rotatable bonds is 1. The summed E-state index contributed by atoms with van der Waals surface area (Å²) in [7, 11) is 1.29. The number of thiazole rings is 1. The Morgan fingerprint density at radius 2 is 2.62 bits per heavy atom. The molecule has 0 aromatic carbocycles. The Morgan fingerprint density at radius 1 is 1.85 bits per heavy atom. The molecule has 68 valence electrons. The van der Waals surface area contributed by atoms with Gasteiger partial charge in [-0.15, -0.1) is 11.3 Å². The lowest BCUT2D eigenvalue weighted by Crippen LogP contribution is -2.00. The van der Waals surface area contributed by atoms with Crippen LogP contribution >= 0.6 is 11.3 Å². The Balaban J connectivity index is 2.80. The smallest absolute Gasteiger partial charge is 0.357 e. The van der Waals surface area contributed by atoms with Crippen LogP contribution in [-0.4, -0.2) is 29.8 Å². The van der Waals surface area contributed by atoms with Crippen LogP contribution in [0, 0.1) is 11.8 Å². The number of esters is 1. The predicted octanol–water partition coefficient (Wildman–Crippen LogP) is 0.274. The molecule has 0 aliphatic carbocycles. The molecule has 0 bridgehead atoms. The summed E-state index contributed by atoms with van der Waals surface area (Å²) in [6.07, 6.45) is 0. The van der Waals surface area contributed by atoms with E-state index in [1.807, 2.05) is 0 Å². The van der Waals surface area contributed by atoms with Crippen LogP contribution < -0.4 is 0 Å². The second-order valence-electron chi connectivity index (χ2n) is 1.99. The van der Waals surface area contributed by atoms with Crippen molar-refractivity contribution in [2.45, 2.75) is 0 Å². The number of carbonyl (C=O) groups is 1. The molecule has 4 nitrogen and oxygen atoms in total. The van der Waals surface area contributed by atoms with Gasteiger partial charge < -0.3 is 9.84 Å². The molecule has 0 fully saturated rings. The number of nitrogens with zero attached hydrogens (tertiary/aromatic N) is 1. The Labute approximate surface area is 79.2 Å². The fraction of sp³-hybridized carbons (Fsp3) is 0.250. The van der Waals surface area contributed by atoms with E-state index in [4.69, 9.17) is 5.11 Å². The number of aliphatic hydroxyl groups is 1. The Kier molecular flexibility index (Phi) is 3.43. The molecule has 13 heavy (non-hydrogen) atoms. The van der Waals surface area contributed by atoms with Crippen molar-refractivity contribution in [2.75, 3.05) is 13.7 Å². The van der Waals surface area contributed by atoms with Crippen molar-refractivity contribution < 1.29 is 14.6 Å². The molecule has 0 aliphatic rings. The molecular weight excluding hydrogens is 190 g/mol. The van der Waals surface area contributed by atoms with Crippen molar-refractivity contribution in [3.8, 4) is 11.8 Å². The van der Waals surface area contributed by atoms with E-state index in [1.54, 1.807) is 5.38 Å². The maximum atomic E-state index is 10.9. The zero-order chi connectivity index (χ0) is 9.68. The van der Waals surface area contributed by atoms with Crippen LogP contribution in [0.15, 0.2) is 5.38 Å². The average Bonchev–Trinajstić information content (AvgIpc) is 2.62. The molecule has 0 atom stereocenters. The molecule has 0 spiro atoms. The van der Waals surface area contributed by atoms with Crippen LogP contribution in [0.5, 0.6) is 0 Å². The number of carbonyl (C=O) groups excluding carboxylic acids is 1. The van der Waals surface area contributed by atoms with E-state index in [-0.39, 0.29) is 12.3 Å². The summed E-state index contributed by atoms with van der Waals surface area (Å²) in [6, 6.07) is 0. The van der Waals surface area contributed by atoms with Crippen LogP contribution in [0.25, 0.3) is 0 Å². The first-order valence-corrected chi connectivity index (χ1v) is 4.29. The highest BCUT2D eigenvalue weighted by molar-refractivity contribution is 7.10. The number of aromatic nitrogens is 1. The standard InChI is InChI=1S/C8H7NO3S/c1-12-8(11)6-5-13-7(9-6)3-2-4-10/h5,10H,4H2,1H3. The average molecular weight is 197 g/mol. The molecule has 0 saturated heterocycles. The molecule has 0 radical (unpaired) electrons. The van der Waals surface area contributed by atoms with Crippen molar-refractivity contribution in [1.82, 2.24) is 4.98 Å². The van der Waals surface area contributed by atoms with E-state index >= 15 is 0 Å². The second-order valence-corrected chi connectivity index (χ2v) is 2.85. The highest BCUT2D eigenvalue weighted by Gasteiger charge is 2.08. The summed E-state index contributed by atoms with van der Waals surface area (Å²) in [5.74, 6) is 4.55. The number of hydrogen-bond acceptors (Lipinski definition) is 5. The topological polar surface area (TPSA) is 59.4 Å². The van der Waals surface area contributed by atoms with Crippen molar-refractivity contribution in [3.05, 3.63) is 16.1 Å². The highest BCUT2D eigenvalue weighted by atomic mass is 32.1. The van der Waals surface area contributed by atoms with E-state index in [9.17, 15) is 4.79 Å². The maximum absolute atomic E-state index is 10.9. The first kappa shape index (κ1) is 9.71. The van der Waals surface area contributed by atoms with Gasteiger partial charge in [0.1, 0.15) is 6.61 Å². The van der Waals surface area contributed by atoms with Gasteiger partial charge in [-0.05, 0) is 5.92 Å². The lowest BCUT2D eigenvalue weighted by atomic mass is 10.5. The second kappa shape index (κ2) is 4.60. The third kappa shape index (κ3) is 2.54. The molecule has 1 aromatic rings. The third-order valence-electron chi connectivity index (χ3n) is 1.17. The predicted molar refractivity (Wildman–Crippen MR) is 47.4 cm³/mol. The largest absolute Gasteiger partial charge is 0.464 e. The van der Waals surface area contributed by atoms with Crippen molar-refractivity contribution >= 4 is 17.3 Å². The molecule has 0 amide bonds. The Hall–Kier alpha value is -1.38. The van der Waals surface area contributed by atoms with E-state index in [0.29, 0.717) is 5.01 Å². The number of methoxy groups -OCH3 is 1. The molecule has 0 unspecified atom stereocenters. The first-order chi connectivity index (χ1) is 6.27. The van der Waals surface area contributed by atoms with E-state index in [0.717, 1.165) is 0 Å². The molecule has 0 saturated carbocycles. The molecule has 1 aromatic heterocycles. The summed E-state index contributed by atoms with van der Waals surface area (Å²) >= 11 is 1.24. The van der Waals surface area contributed by atoms with Crippen LogP contribution in [0.4, 0.5) is 0 Å². The van der Waals surface area contributed by atoms with E-state index < -0.39 is 5.97 Å². The van der Waals surface area contributed by atoms with Crippen LogP contribution in [0.1, 0.15) is 15.5 Å². The minimum atomic E-state index is -0.478. The van der Waals surface area contributed by atoms with Gasteiger partial charge in [0.25, 0.3) is 0 Å². The van der Waals surface area contributed by atoms with Gasteiger partial charge in [0.15, 0.2) is 10.7 Å². The minimum absolute atomic E-state index is 0.215. The van der Waals surface area contributed by atoms with Gasteiger partial charge in [-0.1, -0.05) is 5.92 Å². The van der Waals surface area contributed by atoms with E-state index in [2.05, 4.69) is 21.6 Å². The monoisotopic (exact) mass is 197 g/mol. The third-order valence-corrected chi connectivity index (χ3v) is 1.93. The van der Waals surface area contributed by atoms with Gasteiger partial charge in [-0.3, -0.25) is 0 Å². The van der Waals surface area contributed by atoms with Crippen molar-refractivity contribution in [1.29, 1.82) is 0 Å². The normalized spacial score (nSPS) is 8.77. The minimum Gasteiger partial charge on any atom is -0.464 e. The summed E-state index contributed by atoms with van der Waals surface area (Å²) in [5, 5.41) is 10.5. The van der Waals surface area contributed by atoms with Gasteiger partial charge in [0, 0.05) is 5.38 Å². The molecule has 1 heterocycles. The Bertz CT molecular complexity index is 361. The van der Waals surface area contributed by atoms with Gasteiger partial charge in [-0.2, -0.15) is 0 Å². The zero-order valence-electron chi connectivity index (χ0n) is 6.90. The first-order valence-electron chi connectivity index (χ1n) is 3.41. The fourth-order valence-corrected chi connectivity index (χ4v) is 1.30. The van der Waals surface area contributed by atoms with E-state index in [1.165, 1.54) is 18.4 Å². The van der Waals surface area contributed by atoms with Gasteiger partial charge >= 0.3 is 5.97 Å². The highest BCUT2D eigenvalue weighted by Crippen LogP contribution is 2.08. The lowest BCUT2D eigenvalue weighted by Gasteiger charge is -1.89. The summed E-state index contributed by atoms with van der Waals surface area (Å²) in [5.41, 5.74) is 0.245. The SMILES string of the molecule is COC(=O)c1csc(C#CCO)n1. The molecule has 0 aliphatic heterocycles. The molecule has 1 rings (SSSR count). The molecular formula is C8H7NO3S. The maximum Gasteiger partial charge on any atom is 0.357 e. The van der Waals surface area contributed by atoms with Gasteiger partial charge in [0.05, 0.1) is 7.11 Å². The van der Waals surface area contributed by atoms with Crippen LogP contribution in [-0.2, 0) is 4.74 Å². The number of aliphatic hydroxyl groups excluding tert-OH is 1. The quantitative estimate of drug-likeness (QED) is 0.518. The zero-order valence-corrected chi connectivity index (χ0v) is 7.72. The summed E-state index contributed by atoms with van der Waals surface area (Å²) < 4.78 is 4.46. The summed E-state index contributed by atoms with van der Waals surface area (Å²) in [6.45, 7) is -0.215. The number of ether oxygens (including phenoxy) is 1. The Morgan fingerprint density at radius 3 is 3.23 bits per heavy atom. The van der Waals surface area contributed by atoms with Crippen molar-refractivity contribution in [2.24, 2.45) is 0 Å². The van der Waals surface area contributed by atoms with Crippen LogP contribution in [0.2, 0.25) is 0 Å². The fourth-order valence-electron chi connectivity index (χ4n) is 0.645. The van der Waals surface area contributed by atoms with Gasteiger partial charge in [0.2, 0.25) is 0 Å². The van der Waals surface area contributed by atoms with Crippen LogP contribution in [0.3, 0.4) is 0 Å². The number of hydrogen-bond donors (Lipinski definition) is 1. The molecule has 1 N–H and O–H groups in total.